The van der Waals surface area contributed by atoms with E-state index in [0.717, 1.165) is 0 Å². The molecule has 32 heavy (non-hydrogen) atoms. The van der Waals surface area contributed by atoms with E-state index < -0.39 is 79.3 Å². The van der Waals surface area contributed by atoms with Crippen LogP contribution in [0.4, 0.5) is 0 Å². The fourth-order valence-corrected chi connectivity index (χ4v) is 4.58. The van der Waals surface area contributed by atoms with E-state index in [1.54, 1.807) is 27.7 Å². The average molecular weight is 465 g/mol. The van der Waals surface area contributed by atoms with E-state index in [2.05, 4.69) is 0 Å². The predicted octanol–water partition coefficient (Wildman–Crippen LogP) is -0.442. The van der Waals surface area contributed by atoms with Gasteiger partial charge in [-0.25, -0.2) is 0 Å². The van der Waals surface area contributed by atoms with Crippen LogP contribution in [0.2, 0.25) is 0 Å². The van der Waals surface area contributed by atoms with Gasteiger partial charge in [0.05, 0.1) is 30.5 Å². The van der Waals surface area contributed by atoms with Gasteiger partial charge in [-0.1, -0.05) is 0 Å². The van der Waals surface area contributed by atoms with Gasteiger partial charge < -0.3 is 48.8 Å². The van der Waals surface area contributed by atoms with Crippen molar-refractivity contribution in [1.29, 1.82) is 0 Å². The largest absolute Gasteiger partial charge is 0.457 e. The Balaban J connectivity index is 1.62. The van der Waals surface area contributed by atoms with Crippen molar-refractivity contribution in [3.8, 4) is 0 Å². The van der Waals surface area contributed by atoms with E-state index in [1.807, 2.05) is 0 Å². The lowest BCUT2D eigenvalue weighted by Crippen LogP contribution is -2.59. The molecule has 11 heteroatoms. The fourth-order valence-electron chi connectivity index (χ4n) is 4.58. The third kappa shape index (κ3) is 5.96. The van der Waals surface area contributed by atoms with Gasteiger partial charge >= 0.3 is 5.97 Å². The highest BCUT2D eigenvalue weighted by molar-refractivity contribution is 5.66. The first-order valence-corrected chi connectivity index (χ1v) is 11.1. The zero-order chi connectivity index (χ0) is 23.8. The first-order valence-electron chi connectivity index (χ1n) is 11.1. The Labute approximate surface area is 187 Å². The number of ether oxygens (including phenoxy) is 6. The van der Waals surface area contributed by atoms with E-state index >= 15 is 0 Å². The van der Waals surface area contributed by atoms with Crippen molar-refractivity contribution >= 4 is 5.97 Å². The smallest absolute Gasteiger partial charge is 0.303 e. The lowest BCUT2D eigenvalue weighted by molar-refractivity contribution is -0.331. The molecule has 0 amide bonds. The first kappa shape index (κ1) is 25.7. The summed E-state index contributed by atoms with van der Waals surface area (Å²) in [6.07, 6.45) is -8.54. The Morgan fingerprint density at radius 3 is 2.00 bits per heavy atom. The Hall–Kier alpha value is -0.890. The average Bonchev–Trinajstić information content (AvgIpc) is 2.66. The van der Waals surface area contributed by atoms with Gasteiger partial charge in [0.1, 0.15) is 17.8 Å². The Morgan fingerprint density at radius 1 is 0.875 bits per heavy atom. The van der Waals surface area contributed by atoms with Crippen molar-refractivity contribution in [3.63, 3.8) is 0 Å². The summed E-state index contributed by atoms with van der Waals surface area (Å²) < 4.78 is 33.8. The standard InChI is InChI=1S/C21H36O11/c1-9-18(24)13(6-15(23)27-9)31-16-7-14(19(25)10(2)28-16)32-17-8-21(5,26)20(11(3)29-17)30-12(4)22/h9-11,13-20,23-26H,6-8H2,1-5H3/t9-,10-,11+,13-,14-,15-,16+,17+,18-,19-,20+,21+/m1/s1. The van der Waals surface area contributed by atoms with Gasteiger partial charge in [-0.05, 0) is 27.7 Å². The number of hydrogen-bond donors (Lipinski definition) is 4. The molecule has 0 aromatic rings. The van der Waals surface area contributed by atoms with Crippen molar-refractivity contribution in [2.24, 2.45) is 0 Å². The van der Waals surface area contributed by atoms with E-state index in [0.29, 0.717) is 0 Å². The molecule has 3 aliphatic rings. The summed E-state index contributed by atoms with van der Waals surface area (Å²) in [5.41, 5.74) is -1.38. The normalized spacial score (nSPS) is 50.1. The van der Waals surface area contributed by atoms with Crippen molar-refractivity contribution in [2.45, 2.75) is 127 Å². The molecule has 0 bridgehead atoms. The lowest BCUT2D eigenvalue weighted by Gasteiger charge is -2.46. The Morgan fingerprint density at radius 2 is 1.41 bits per heavy atom. The molecule has 0 unspecified atom stereocenters. The van der Waals surface area contributed by atoms with E-state index in [9.17, 15) is 25.2 Å². The monoisotopic (exact) mass is 464 g/mol. The van der Waals surface area contributed by atoms with Crippen LogP contribution >= 0.6 is 0 Å². The van der Waals surface area contributed by atoms with Crippen molar-refractivity contribution in [3.05, 3.63) is 0 Å². The minimum absolute atomic E-state index is 0.0294. The van der Waals surface area contributed by atoms with Crippen LogP contribution in [-0.4, -0.2) is 99.7 Å². The number of carbonyl (C=O) groups is 1. The maximum Gasteiger partial charge on any atom is 0.303 e. The second kappa shape index (κ2) is 10.2. The van der Waals surface area contributed by atoms with E-state index in [1.165, 1.54) is 6.92 Å². The minimum atomic E-state index is -1.38. The van der Waals surface area contributed by atoms with Crippen LogP contribution in [0, 0.1) is 0 Å². The number of aliphatic hydroxyl groups is 4. The number of rotatable bonds is 5. The summed E-state index contributed by atoms with van der Waals surface area (Å²) in [5.74, 6) is -0.520. The molecule has 3 fully saturated rings. The van der Waals surface area contributed by atoms with E-state index in [-0.39, 0.29) is 19.3 Å². The molecular formula is C21H36O11. The summed E-state index contributed by atoms with van der Waals surface area (Å²) in [7, 11) is 0. The third-order valence-corrected chi connectivity index (χ3v) is 6.25. The van der Waals surface area contributed by atoms with Crippen LogP contribution in [0.15, 0.2) is 0 Å². The highest BCUT2D eigenvalue weighted by atomic mass is 16.7. The Kier molecular flexibility index (Phi) is 8.17. The van der Waals surface area contributed by atoms with E-state index in [4.69, 9.17) is 28.4 Å². The zero-order valence-corrected chi connectivity index (χ0v) is 19.1. The summed E-state index contributed by atoms with van der Waals surface area (Å²) in [5, 5.41) is 41.5. The highest BCUT2D eigenvalue weighted by Crippen LogP contribution is 2.35. The van der Waals surface area contributed by atoms with Crippen LogP contribution in [0.1, 0.15) is 53.9 Å². The lowest BCUT2D eigenvalue weighted by atomic mass is 9.88. The second-order valence-electron chi connectivity index (χ2n) is 9.23. The quantitative estimate of drug-likeness (QED) is 0.392. The highest BCUT2D eigenvalue weighted by Gasteiger charge is 2.49. The molecule has 0 aromatic carbocycles. The van der Waals surface area contributed by atoms with Crippen molar-refractivity contribution < 1.29 is 53.6 Å². The van der Waals surface area contributed by atoms with Gasteiger partial charge in [0.25, 0.3) is 0 Å². The molecular weight excluding hydrogens is 428 g/mol. The van der Waals surface area contributed by atoms with Gasteiger partial charge in [-0.15, -0.1) is 0 Å². The number of carbonyl (C=O) groups excluding carboxylic acids is 1. The molecule has 186 valence electrons. The minimum Gasteiger partial charge on any atom is -0.457 e. The van der Waals surface area contributed by atoms with Crippen LogP contribution < -0.4 is 0 Å². The molecule has 3 saturated heterocycles. The molecule has 0 aromatic heterocycles. The molecule has 11 nitrogen and oxygen atoms in total. The van der Waals surface area contributed by atoms with Crippen LogP contribution in [0.3, 0.4) is 0 Å². The van der Waals surface area contributed by atoms with Crippen molar-refractivity contribution in [2.75, 3.05) is 0 Å². The van der Waals surface area contributed by atoms with Gasteiger partial charge in [0.15, 0.2) is 25.0 Å². The summed E-state index contributed by atoms with van der Waals surface area (Å²) in [6.45, 7) is 7.79. The zero-order valence-electron chi connectivity index (χ0n) is 19.1. The van der Waals surface area contributed by atoms with Crippen LogP contribution in [0.25, 0.3) is 0 Å². The molecule has 3 aliphatic heterocycles. The number of hydrogen-bond acceptors (Lipinski definition) is 11. The maximum atomic E-state index is 11.4. The fraction of sp³-hybridized carbons (Fsp3) is 0.952. The second-order valence-corrected chi connectivity index (χ2v) is 9.23. The van der Waals surface area contributed by atoms with Crippen LogP contribution in [-0.2, 0) is 33.2 Å². The third-order valence-electron chi connectivity index (χ3n) is 6.25. The topological polar surface area (TPSA) is 153 Å². The van der Waals surface area contributed by atoms with Crippen molar-refractivity contribution in [1.82, 2.24) is 0 Å². The Bertz CT molecular complexity index is 643. The van der Waals surface area contributed by atoms with Gasteiger partial charge in [-0.3, -0.25) is 4.79 Å². The number of aliphatic hydroxyl groups excluding tert-OH is 3. The van der Waals surface area contributed by atoms with Gasteiger partial charge in [-0.2, -0.15) is 0 Å². The van der Waals surface area contributed by atoms with Gasteiger partial charge in [0, 0.05) is 26.2 Å². The molecule has 0 spiro atoms. The molecule has 3 rings (SSSR count). The maximum absolute atomic E-state index is 11.4. The molecule has 0 aliphatic carbocycles. The summed E-state index contributed by atoms with van der Waals surface area (Å²) in [4.78, 5) is 11.4. The molecule has 0 radical (unpaired) electrons. The predicted molar refractivity (Wildman–Crippen MR) is 107 cm³/mol. The number of esters is 1. The molecule has 12 atom stereocenters. The molecule has 4 N–H and O–H groups in total. The summed E-state index contributed by atoms with van der Waals surface area (Å²) >= 11 is 0. The van der Waals surface area contributed by atoms with Gasteiger partial charge in [0.2, 0.25) is 0 Å². The van der Waals surface area contributed by atoms with Crippen LogP contribution in [0.5, 0.6) is 0 Å². The molecule has 0 saturated carbocycles. The summed E-state index contributed by atoms with van der Waals surface area (Å²) in [6, 6.07) is 0. The SMILES string of the molecule is CC(=O)O[C@H]1[C@H](C)O[C@@H](O[C@@H]2C[C@H](O[C@@H]3C[C@H](O)O[C@H](C)[C@H]3O)O[C@H](C)[C@H]2O)C[C@]1(C)O. The first-order chi connectivity index (χ1) is 14.9. The molecule has 3 heterocycles.